The molecule has 5 nitrogen and oxygen atoms in total. The van der Waals surface area contributed by atoms with Crippen LogP contribution in [0.1, 0.15) is 18.4 Å². The normalized spacial score (nSPS) is 17.4. The van der Waals surface area contributed by atoms with Gasteiger partial charge in [0.2, 0.25) is 5.75 Å². The monoisotopic (exact) mass is 374 g/mol. The van der Waals surface area contributed by atoms with Crippen LogP contribution in [0.3, 0.4) is 0 Å². The second kappa shape index (κ2) is 8.95. The molecule has 1 aliphatic rings. The highest BCUT2D eigenvalue weighted by atomic mass is 19.1. The number of nitrogens with one attached hydrogen (secondary N) is 1. The van der Waals surface area contributed by atoms with Gasteiger partial charge in [-0.15, -0.1) is 0 Å². The van der Waals surface area contributed by atoms with Crippen molar-refractivity contribution in [1.82, 2.24) is 4.90 Å². The molecule has 1 unspecified atom stereocenters. The van der Waals surface area contributed by atoms with E-state index in [4.69, 9.17) is 14.2 Å². The zero-order valence-electron chi connectivity index (χ0n) is 16.1. The molecule has 2 aromatic rings. The third-order valence-electron chi connectivity index (χ3n) is 4.90. The van der Waals surface area contributed by atoms with E-state index in [0.717, 1.165) is 43.7 Å². The zero-order chi connectivity index (χ0) is 19.2. The summed E-state index contributed by atoms with van der Waals surface area (Å²) in [6.45, 7) is 2.71. The molecule has 0 amide bonds. The van der Waals surface area contributed by atoms with Crippen molar-refractivity contribution in [3.8, 4) is 17.2 Å². The number of benzene rings is 2. The molecule has 1 fully saturated rings. The van der Waals surface area contributed by atoms with Gasteiger partial charge < -0.3 is 19.5 Å². The minimum Gasteiger partial charge on any atom is -0.493 e. The van der Waals surface area contributed by atoms with Crippen LogP contribution in [-0.4, -0.2) is 45.4 Å². The lowest BCUT2D eigenvalue weighted by Crippen LogP contribution is -2.41. The van der Waals surface area contributed by atoms with Crippen LogP contribution in [-0.2, 0) is 6.54 Å². The van der Waals surface area contributed by atoms with Gasteiger partial charge in [0, 0.05) is 30.4 Å². The average Bonchev–Trinajstić information content (AvgIpc) is 2.69. The van der Waals surface area contributed by atoms with Crippen molar-refractivity contribution < 1.29 is 18.6 Å². The van der Waals surface area contributed by atoms with Gasteiger partial charge >= 0.3 is 0 Å². The van der Waals surface area contributed by atoms with E-state index in [9.17, 15) is 4.39 Å². The fourth-order valence-corrected chi connectivity index (χ4v) is 3.63. The van der Waals surface area contributed by atoms with E-state index in [1.54, 1.807) is 33.5 Å². The Balaban J connectivity index is 1.69. The number of halogens is 1. The summed E-state index contributed by atoms with van der Waals surface area (Å²) < 4.78 is 29.5. The fraction of sp³-hybridized carbons (Fsp3) is 0.429. The summed E-state index contributed by atoms with van der Waals surface area (Å²) in [7, 11) is 4.89. The molecule has 1 N–H and O–H groups in total. The molecular weight excluding hydrogens is 347 g/mol. The van der Waals surface area contributed by atoms with Crippen LogP contribution in [0, 0.1) is 5.82 Å². The lowest BCUT2D eigenvalue weighted by atomic mass is 10.0. The van der Waals surface area contributed by atoms with Crippen LogP contribution in [0.2, 0.25) is 0 Å². The van der Waals surface area contributed by atoms with Gasteiger partial charge in [-0.2, -0.15) is 0 Å². The highest BCUT2D eigenvalue weighted by Crippen LogP contribution is 2.40. The van der Waals surface area contributed by atoms with E-state index in [-0.39, 0.29) is 5.82 Å². The van der Waals surface area contributed by atoms with Gasteiger partial charge in [0.25, 0.3) is 0 Å². The SMILES string of the molecule is COc1ccc(CN2CCCC(Nc3ccc(F)cc3)C2)c(OC)c1OC. The van der Waals surface area contributed by atoms with Crippen molar-refractivity contribution in [2.45, 2.75) is 25.4 Å². The van der Waals surface area contributed by atoms with Crippen molar-refractivity contribution >= 4 is 5.69 Å². The largest absolute Gasteiger partial charge is 0.493 e. The van der Waals surface area contributed by atoms with Gasteiger partial charge in [-0.3, -0.25) is 4.90 Å². The van der Waals surface area contributed by atoms with Crippen molar-refractivity contribution in [3.05, 3.63) is 47.8 Å². The van der Waals surface area contributed by atoms with Crippen LogP contribution < -0.4 is 19.5 Å². The molecule has 1 heterocycles. The number of hydrogen-bond donors (Lipinski definition) is 1. The molecule has 0 spiro atoms. The zero-order valence-corrected chi connectivity index (χ0v) is 16.1. The average molecular weight is 374 g/mol. The number of methoxy groups -OCH3 is 3. The third-order valence-corrected chi connectivity index (χ3v) is 4.90. The Hall–Kier alpha value is -2.47. The van der Waals surface area contributed by atoms with E-state index in [1.165, 1.54) is 12.1 Å². The van der Waals surface area contributed by atoms with Crippen LogP contribution >= 0.6 is 0 Å². The van der Waals surface area contributed by atoms with E-state index in [1.807, 2.05) is 12.1 Å². The molecule has 6 heteroatoms. The van der Waals surface area contributed by atoms with Crippen molar-refractivity contribution in [3.63, 3.8) is 0 Å². The van der Waals surface area contributed by atoms with Crippen LogP contribution in [0.4, 0.5) is 10.1 Å². The summed E-state index contributed by atoms with van der Waals surface area (Å²) in [5.41, 5.74) is 2.02. The number of anilines is 1. The highest BCUT2D eigenvalue weighted by molar-refractivity contribution is 5.55. The Kier molecular flexibility index (Phi) is 6.40. The number of nitrogens with zero attached hydrogens (tertiary/aromatic N) is 1. The van der Waals surface area contributed by atoms with E-state index < -0.39 is 0 Å². The lowest BCUT2D eigenvalue weighted by molar-refractivity contribution is 0.205. The van der Waals surface area contributed by atoms with Crippen molar-refractivity contribution in [1.29, 1.82) is 0 Å². The number of ether oxygens (including phenoxy) is 3. The Labute approximate surface area is 160 Å². The molecule has 0 saturated carbocycles. The molecule has 1 aliphatic heterocycles. The highest BCUT2D eigenvalue weighted by Gasteiger charge is 2.23. The molecule has 1 saturated heterocycles. The molecule has 0 radical (unpaired) electrons. The van der Waals surface area contributed by atoms with E-state index in [2.05, 4.69) is 10.2 Å². The first-order valence-corrected chi connectivity index (χ1v) is 9.17. The second-order valence-corrected chi connectivity index (χ2v) is 6.72. The predicted molar refractivity (Wildman–Crippen MR) is 104 cm³/mol. The fourth-order valence-electron chi connectivity index (χ4n) is 3.63. The van der Waals surface area contributed by atoms with E-state index >= 15 is 0 Å². The summed E-state index contributed by atoms with van der Waals surface area (Å²) in [4.78, 5) is 2.40. The molecule has 27 heavy (non-hydrogen) atoms. The molecule has 146 valence electrons. The Morgan fingerprint density at radius 3 is 2.41 bits per heavy atom. The molecule has 2 aromatic carbocycles. The molecule has 1 atom stereocenters. The maximum Gasteiger partial charge on any atom is 0.203 e. The van der Waals surface area contributed by atoms with Gasteiger partial charge in [-0.25, -0.2) is 4.39 Å². The number of rotatable bonds is 7. The minimum atomic E-state index is -0.216. The minimum absolute atomic E-state index is 0.216. The molecule has 0 bridgehead atoms. The quantitative estimate of drug-likeness (QED) is 0.796. The smallest absolute Gasteiger partial charge is 0.203 e. The maximum absolute atomic E-state index is 13.1. The van der Waals surface area contributed by atoms with Crippen LogP contribution in [0.15, 0.2) is 36.4 Å². The van der Waals surface area contributed by atoms with Gasteiger partial charge in [0.05, 0.1) is 21.3 Å². The maximum atomic E-state index is 13.1. The van der Waals surface area contributed by atoms with Gasteiger partial charge in [0.15, 0.2) is 11.5 Å². The summed E-state index contributed by atoms with van der Waals surface area (Å²) in [6.07, 6.45) is 2.20. The predicted octanol–water partition coefficient (Wildman–Crippen LogP) is 3.93. The summed E-state index contributed by atoms with van der Waals surface area (Å²) >= 11 is 0. The number of likely N-dealkylation sites (tertiary alicyclic amines) is 1. The second-order valence-electron chi connectivity index (χ2n) is 6.72. The molecule has 0 aromatic heterocycles. The van der Waals surface area contributed by atoms with Crippen molar-refractivity contribution in [2.75, 3.05) is 39.7 Å². The van der Waals surface area contributed by atoms with Gasteiger partial charge in [0.1, 0.15) is 5.82 Å². The third kappa shape index (κ3) is 4.63. The summed E-state index contributed by atoms with van der Waals surface area (Å²) in [5, 5.41) is 3.51. The summed E-state index contributed by atoms with van der Waals surface area (Å²) in [5.74, 6) is 1.78. The first kappa shape index (κ1) is 19.3. The van der Waals surface area contributed by atoms with Crippen LogP contribution in [0.5, 0.6) is 17.2 Å². The van der Waals surface area contributed by atoms with E-state index in [0.29, 0.717) is 23.3 Å². The van der Waals surface area contributed by atoms with Gasteiger partial charge in [-0.1, -0.05) is 6.07 Å². The Bertz CT molecular complexity index is 752. The molecule has 3 rings (SSSR count). The molecular formula is C21H27FN2O3. The number of piperidine rings is 1. The first-order valence-electron chi connectivity index (χ1n) is 9.17. The van der Waals surface area contributed by atoms with Crippen molar-refractivity contribution in [2.24, 2.45) is 0 Å². The van der Waals surface area contributed by atoms with Crippen LogP contribution in [0.25, 0.3) is 0 Å². The Morgan fingerprint density at radius 1 is 1.00 bits per heavy atom. The standard InChI is InChI=1S/C21H27FN2O3/c1-25-19-11-6-15(20(26-2)21(19)27-3)13-24-12-4-5-18(14-24)23-17-9-7-16(22)8-10-17/h6-11,18,23H,4-5,12-14H2,1-3H3. The van der Waals surface area contributed by atoms with Gasteiger partial charge in [-0.05, 0) is 49.7 Å². The Morgan fingerprint density at radius 2 is 1.74 bits per heavy atom. The molecule has 0 aliphatic carbocycles. The lowest BCUT2D eigenvalue weighted by Gasteiger charge is -2.34. The first-order chi connectivity index (χ1) is 13.1. The summed E-state index contributed by atoms with van der Waals surface area (Å²) in [6, 6.07) is 10.8. The topological polar surface area (TPSA) is 43.0 Å². The number of hydrogen-bond acceptors (Lipinski definition) is 5.